The topological polar surface area (TPSA) is 41.8 Å². The van der Waals surface area contributed by atoms with E-state index >= 15 is 0 Å². The molecule has 2 aromatic rings. The molecule has 0 aliphatic rings. The summed E-state index contributed by atoms with van der Waals surface area (Å²) < 4.78 is 5.97. The first-order chi connectivity index (χ1) is 10.0. The Balaban J connectivity index is 2.27. The van der Waals surface area contributed by atoms with Gasteiger partial charge in [-0.1, -0.05) is 35.0 Å². The van der Waals surface area contributed by atoms with Crippen LogP contribution in [0.15, 0.2) is 41.6 Å². The van der Waals surface area contributed by atoms with Crippen molar-refractivity contribution < 1.29 is 9.94 Å². The molecule has 0 unspecified atom stereocenters. The normalized spacial score (nSPS) is 11.5. The molecule has 0 amide bonds. The first-order valence-electron chi connectivity index (χ1n) is 7.00. The molecule has 0 fully saturated rings. The lowest BCUT2D eigenvalue weighted by Crippen LogP contribution is -2.04. The first-order valence-corrected chi connectivity index (χ1v) is 7.00. The summed E-state index contributed by atoms with van der Waals surface area (Å²) in [7, 11) is 0. The van der Waals surface area contributed by atoms with Crippen LogP contribution in [0.1, 0.15) is 34.7 Å². The Morgan fingerprint density at radius 3 is 2.43 bits per heavy atom. The zero-order valence-corrected chi connectivity index (χ0v) is 13.0. The third kappa shape index (κ3) is 3.63. The van der Waals surface area contributed by atoms with Gasteiger partial charge < -0.3 is 9.94 Å². The average molecular weight is 283 g/mol. The number of hydrogen-bond donors (Lipinski definition) is 1. The molecule has 0 bridgehead atoms. The minimum absolute atomic E-state index is 0.503. The van der Waals surface area contributed by atoms with Crippen molar-refractivity contribution in [2.75, 3.05) is 0 Å². The number of oxime groups is 1. The molecular formula is C18H21NO2. The molecule has 0 aromatic heterocycles. The number of rotatable bonds is 4. The predicted octanol–water partition coefficient (Wildman–Crippen LogP) is 4.39. The van der Waals surface area contributed by atoms with Gasteiger partial charge in [-0.2, -0.15) is 0 Å². The van der Waals surface area contributed by atoms with Crippen molar-refractivity contribution in [3.05, 3.63) is 64.2 Å². The second-order valence-electron chi connectivity index (χ2n) is 5.40. The van der Waals surface area contributed by atoms with Gasteiger partial charge >= 0.3 is 0 Å². The van der Waals surface area contributed by atoms with Crippen LogP contribution in [0.3, 0.4) is 0 Å². The van der Waals surface area contributed by atoms with Crippen LogP contribution in [0.5, 0.6) is 5.75 Å². The van der Waals surface area contributed by atoms with E-state index in [1.54, 1.807) is 6.92 Å². The van der Waals surface area contributed by atoms with Gasteiger partial charge in [0, 0.05) is 5.56 Å². The molecule has 3 heteroatoms. The highest BCUT2D eigenvalue weighted by molar-refractivity contribution is 6.00. The molecule has 0 aliphatic carbocycles. The van der Waals surface area contributed by atoms with Crippen molar-refractivity contribution in [2.24, 2.45) is 5.16 Å². The van der Waals surface area contributed by atoms with Gasteiger partial charge in [-0.05, 0) is 56.5 Å². The standard InChI is InChI=1S/C18H21NO2/c1-12-5-7-14(3)16(9-12)11-21-18-10-13(2)6-8-17(18)15(4)19-20/h5-10,20H,11H2,1-4H3. The van der Waals surface area contributed by atoms with Gasteiger partial charge in [0.15, 0.2) is 0 Å². The number of aryl methyl sites for hydroxylation is 3. The van der Waals surface area contributed by atoms with Crippen molar-refractivity contribution in [1.82, 2.24) is 0 Å². The summed E-state index contributed by atoms with van der Waals surface area (Å²) in [4.78, 5) is 0. The molecule has 0 spiro atoms. The maximum atomic E-state index is 8.98. The van der Waals surface area contributed by atoms with Gasteiger partial charge in [0.2, 0.25) is 0 Å². The van der Waals surface area contributed by atoms with Crippen LogP contribution >= 0.6 is 0 Å². The van der Waals surface area contributed by atoms with E-state index in [0.29, 0.717) is 12.3 Å². The van der Waals surface area contributed by atoms with E-state index in [0.717, 1.165) is 16.9 Å². The largest absolute Gasteiger partial charge is 0.488 e. The van der Waals surface area contributed by atoms with Crippen LogP contribution < -0.4 is 4.74 Å². The summed E-state index contributed by atoms with van der Waals surface area (Å²) in [5.41, 5.74) is 6.07. The van der Waals surface area contributed by atoms with Gasteiger partial charge in [-0.25, -0.2) is 0 Å². The fourth-order valence-electron chi connectivity index (χ4n) is 2.21. The lowest BCUT2D eigenvalue weighted by Gasteiger charge is -2.13. The monoisotopic (exact) mass is 283 g/mol. The van der Waals surface area contributed by atoms with Crippen LogP contribution in [0.2, 0.25) is 0 Å². The number of benzene rings is 2. The van der Waals surface area contributed by atoms with Gasteiger partial charge in [-0.3, -0.25) is 0 Å². The summed E-state index contributed by atoms with van der Waals surface area (Å²) in [5, 5.41) is 12.3. The molecule has 2 aromatic carbocycles. The number of ether oxygens (including phenoxy) is 1. The fourth-order valence-corrected chi connectivity index (χ4v) is 2.21. The highest BCUT2D eigenvalue weighted by Gasteiger charge is 2.09. The Kier molecular flexibility index (Phi) is 4.63. The summed E-state index contributed by atoms with van der Waals surface area (Å²) in [6, 6.07) is 12.2. The molecule has 0 atom stereocenters. The van der Waals surface area contributed by atoms with Crippen molar-refractivity contribution in [2.45, 2.75) is 34.3 Å². The molecule has 2 rings (SSSR count). The number of nitrogens with zero attached hydrogens (tertiary/aromatic N) is 1. The van der Waals surface area contributed by atoms with E-state index in [2.05, 4.69) is 37.2 Å². The van der Waals surface area contributed by atoms with E-state index in [4.69, 9.17) is 9.94 Å². The highest BCUT2D eigenvalue weighted by atomic mass is 16.5. The minimum atomic E-state index is 0.503. The van der Waals surface area contributed by atoms with Crippen molar-refractivity contribution in [1.29, 1.82) is 0 Å². The number of hydrogen-bond acceptors (Lipinski definition) is 3. The minimum Gasteiger partial charge on any atom is -0.488 e. The lowest BCUT2D eigenvalue weighted by atomic mass is 10.1. The summed E-state index contributed by atoms with van der Waals surface area (Å²) in [6.07, 6.45) is 0. The smallest absolute Gasteiger partial charge is 0.129 e. The van der Waals surface area contributed by atoms with E-state index in [1.165, 1.54) is 16.7 Å². The summed E-state index contributed by atoms with van der Waals surface area (Å²) >= 11 is 0. The Morgan fingerprint density at radius 1 is 1.05 bits per heavy atom. The van der Waals surface area contributed by atoms with Crippen LogP contribution in [-0.4, -0.2) is 10.9 Å². The third-order valence-corrected chi connectivity index (χ3v) is 3.56. The highest BCUT2D eigenvalue weighted by Crippen LogP contribution is 2.23. The van der Waals surface area contributed by atoms with Crippen molar-refractivity contribution >= 4 is 5.71 Å². The van der Waals surface area contributed by atoms with E-state index < -0.39 is 0 Å². The van der Waals surface area contributed by atoms with Crippen molar-refractivity contribution in [3.8, 4) is 5.75 Å². The Bertz CT molecular complexity index is 675. The Morgan fingerprint density at radius 2 is 1.71 bits per heavy atom. The Hall–Kier alpha value is -2.29. The quantitative estimate of drug-likeness (QED) is 0.513. The third-order valence-electron chi connectivity index (χ3n) is 3.56. The molecule has 0 aliphatic heterocycles. The zero-order chi connectivity index (χ0) is 15.4. The Labute approximate surface area is 125 Å². The second-order valence-corrected chi connectivity index (χ2v) is 5.40. The predicted molar refractivity (Wildman–Crippen MR) is 85.4 cm³/mol. The fraction of sp³-hybridized carbons (Fsp3) is 0.278. The molecule has 1 N–H and O–H groups in total. The van der Waals surface area contributed by atoms with Gasteiger partial charge in [0.1, 0.15) is 12.4 Å². The lowest BCUT2D eigenvalue weighted by molar-refractivity contribution is 0.302. The zero-order valence-electron chi connectivity index (χ0n) is 13.0. The molecule has 0 saturated heterocycles. The summed E-state index contributed by atoms with van der Waals surface area (Å²) in [5.74, 6) is 0.742. The van der Waals surface area contributed by atoms with Crippen LogP contribution in [-0.2, 0) is 6.61 Å². The molecule has 0 heterocycles. The van der Waals surface area contributed by atoms with E-state index in [-0.39, 0.29) is 0 Å². The van der Waals surface area contributed by atoms with Crippen LogP contribution in [0, 0.1) is 20.8 Å². The van der Waals surface area contributed by atoms with Crippen molar-refractivity contribution in [3.63, 3.8) is 0 Å². The van der Waals surface area contributed by atoms with Gasteiger partial charge in [-0.15, -0.1) is 0 Å². The van der Waals surface area contributed by atoms with Gasteiger partial charge in [0.25, 0.3) is 0 Å². The average Bonchev–Trinajstić information content (AvgIpc) is 2.47. The molecule has 0 saturated carbocycles. The van der Waals surface area contributed by atoms with E-state index in [9.17, 15) is 0 Å². The second kappa shape index (κ2) is 6.44. The van der Waals surface area contributed by atoms with Gasteiger partial charge in [0.05, 0.1) is 5.71 Å². The molecule has 21 heavy (non-hydrogen) atoms. The summed E-state index contributed by atoms with van der Waals surface area (Å²) in [6.45, 7) is 8.43. The molecular weight excluding hydrogens is 262 g/mol. The molecule has 0 radical (unpaired) electrons. The van der Waals surface area contributed by atoms with Crippen LogP contribution in [0.4, 0.5) is 0 Å². The van der Waals surface area contributed by atoms with E-state index in [1.807, 2.05) is 25.1 Å². The SMILES string of the molecule is CC(=NO)c1ccc(C)cc1OCc1cc(C)ccc1C. The maximum Gasteiger partial charge on any atom is 0.129 e. The maximum absolute atomic E-state index is 8.98. The molecule has 110 valence electrons. The van der Waals surface area contributed by atoms with Crippen LogP contribution in [0.25, 0.3) is 0 Å². The first kappa shape index (κ1) is 15.1. The molecule has 3 nitrogen and oxygen atoms in total.